The summed E-state index contributed by atoms with van der Waals surface area (Å²) in [5.74, 6) is -0.517. The van der Waals surface area contributed by atoms with E-state index in [4.69, 9.17) is 24.4 Å². The van der Waals surface area contributed by atoms with Crippen LogP contribution in [0.15, 0.2) is 60.7 Å². The van der Waals surface area contributed by atoms with Gasteiger partial charge in [-0.1, -0.05) is 73.0 Å². The van der Waals surface area contributed by atoms with Crippen LogP contribution in [0.1, 0.15) is 48.9 Å². The van der Waals surface area contributed by atoms with Crippen LogP contribution in [0.5, 0.6) is 5.75 Å². The van der Waals surface area contributed by atoms with Crippen LogP contribution in [0.3, 0.4) is 0 Å². The van der Waals surface area contributed by atoms with Crippen LogP contribution >= 0.6 is 0 Å². The topological polar surface area (TPSA) is 97.6 Å². The zero-order chi connectivity index (χ0) is 28.2. The fourth-order valence-corrected chi connectivity index (χ4v) is 4.37. The molecule has 7 heteroatoms. The number of aryl methyl sites for hydroxylation is 4. The molecule has 2 N–H and O–H groups in total. The van der Waals surface area contributed by atoms with Gasteiger partial charge < -0.3 is 19.7 Å². The third kappa shape index (κ3) is 6.68. The third-order valence-electron chi connectivity index (χ3n) is 6.65. The van der Waals surface area contributed by atoms with Crippen LogP contribution in [0, 0.1) is 27.7 Å². The van der Waals surface area contributed by atoms with E-state index < -0.39 is 12.1 Å². The molecule has 4 aromatic rings. The number of para-hydroxylation sites is 1. The second-order valence-electron chi connectivity index (χ2n) is 10.1. The van der Waals surface area contributed by atoms with Crippen LogP contribution in [-0.2, 0) is 4.74 Å². The second kappa shape index (κ2) is 12.0. The molecule has 0 aliphatic rings. The van der Waals surface area contributed by atoms with Crippen LogP contribution < -0.4 is 4.74 Å². The van der Waals surface area contributed by atoms with Crippen molar-refractivity contribution in [1.82, 2.24) is 15.0 Å². The van der Waals surface area contributed by atoms with E-state index in [1.165, 1.54) is 0 Å². The Morgan fingerprint density at radius 3 is 1.77 bits per heavy atom. The summed E-state index contributed by atoms with van der Waals surface area (Å²) in [5.41, 5.74) is 6.87. The average molecular weight is 528 g/mol. The molecule has 1 aromatic heterocycles. The molecule has 0 aliphatic heterocycles. The van der Waals surface area contributed by atoms with Crippen molar-refractivity contribution in [3.05, 3.63) is 82.9 Å². The van der Waals surface area contributed by atoms with E-state index >= 15 is 0 Å². The van der Waals surface area contributed by atoms with E-state index in [9.17, 15) is 10.2 Å². The smallest absolute Gasteiger partial charge is 0.316 e. The molecule has 0 radical (unpaired) electrons. The standard InChI is InChI=1S/C32H37N3O4/c1-7-8-17-38-32(36,37)24(6)39-28-12-10-9-11-27(28)31-34-29(25-15-13-20(2)18-22(25)4)33-30(35-31)26-16-14-21(3)19-23(26)5/h9-16,18-19,24,36-37H,7-8,17H2,1-6H3. The maximum Gasteiger partial charge on any atom is 0.316 e. The van der Waals surface area contributed by atoms with Crippen LogP contribution in [-0.4, -0.2) is 43.8 Å². The van der Waals surface area contributed by atoms with E-state index in [-0.39, 0.29) is 6.61 Å². The molecule has 39 heavy (non-hydrogen) atoms. The molecule has 0 aliphatic carbocycles. The minimum atomic E-state index is -2.45. The molecule has 0 fully saturated rings. The molecule has 0 spiro atoms. The van der Waals surface area contributed by atoms with Gasteiger partial charge in [-0.2, -0.15) is 0 Å². The first-order valence-electron chi connectivity index (χ1n) is 13.3. The predicted molar refractivity (Wildman–Crippen MR) is 153 cm³/mol. The minimum absolute atomic E-state index is 0.213. The Morgan fingerprint density at radius 1 is 0.744 bits per heavy atom. The van der Waals surface area contributed by atoms with Gasteiger partial charge in [0.25, 0.3) is 0 Å². The summed E-state index contributed by atoms with van der Waals surface area (Å²) in [6, 6.07) is 19.6. The molecule has 7 nitrogen and oxygen atoms in total. The van der Waals surface area contributed by atoms with Gasteiger partial charge in [-0.25, -0.2) is 15.0 Å². The van der Waals surface area contributed by atoms with Gasteiger partial charge >= 0.3 is 5.97 Å². The van der Waals surface area contributed by atoms with Crippen molar-refractivity contribution < 1.29 is 19.7 Å². The van der Waals surface area contributed by atoms with Gasteiger partial charge in [0.05, 0.1) is 12.2 Å². The fourth-order valence-electron chi connectivity index (χ4n) is 4.37. The predicted octanol–water partition coefficient (Wildman–Crippen LogP) is 6.33. The molecular weight excluding hydrogens is 490 g/mol. The molecular formula is C32H37N3O4. The first kappa shape index (κ1) is 28.4. The number of nitrogens with zero attached hydrogens (tertiary/aromatic N) is 3. The van der Waals surface area contributed by atoms with Crippen molar-refractivity contribution in [3.8, 4) is 39.9 Å². The third-order valence-corrected chi connectivity index (χ3v) is 6.65. The summed E-state index contributed by atoms with van der Waals surface area (Å²) in [5, 5.41) is 21.0. The first-order chi connectivity index (χ1) is 18.6. The van der Waals surface area contributed by atoms with Crippen LogP contribution in [0.25, 0.3) is 34.2 Å². The first-order valence-corrected chi connectivity index (χ1v) is 13.3. The number of benzene rings is 3. The summed E-state index contributed by atoms with van der Waals surface area (Å²) in [4.78, 5) is 14.6. The highest BCUT2D eigenvalue weighted by Gasteiger charge is 2.35. The van der Waals surface area contributed by atoms with Gasteiger partial charge in [0.2, 0.25) is 0 Å². The summed E-state index contributed by atoms with van der Waals surface area (Å²) in [6.45, 7) is 12.0. The number of aliphatic hydroxyl groups is 2. The molecule has 1 atom stereocenters. The number of unbranched alkanes of at least 4 members (excludes halogenated alkanes) is 1. The van der Waals surface area contributed by atoms with Crippen molar-refractivity contribution in [2.45, 2.75) is 66.5 Å². The quantitative estimate of drug-likeness (QED) is 0.184. The summed E-state index contributed by atoms with van der Waals surface area (Å²) >= 11 is 0. The lowest BCUT2D eigenvalue weighted by Gasteiger charge is -2.29. The fraction of sp³-hybridized carbons (Fsp3) is 0.344. The Labute approximate surface area is 230 Å². The van der Waals surface area contributed by atoms with Gasteiger partial charge in [-0.15, -0.1) is 0 Å². The Bertz CT molecular complexity index is 1380. The summed E-state index contributed by atoms with van der Waals surface area (Å²) in [7, 11) is 0. The molecule has 0 amide bonds. The molecule has 204 valence electrons. The Balaban J connectivity index is 1.82. The van der Waals surface area contributed by atoms with Crippen LogP contribution in [0.4, 0.5) is 0 Å². The maximum absolute atomic E-state index is 10.5. The zero-order valence-electron chi connectivity index (χ0n) is 23.5. The monoisotopic (exact) mass is 527 g/mol. The lowest BCUT2D eigenvalue weighted by molar-refractivity contribution is -0.368. The zero-order valence-corrected chi connectivity index (χ0v) is 23.5. The lowest BCUT2D eigenvalue weighted by Crippen LogP contribution is -2.46. The van der Waals surface area contributed by atoms with Gasteiger partial charge in [-0.3, -0.25) is 0 Å². The molecule has 4 rings (SSSR count). The molecule has 1 unspecified atom stereocenters. The van der Waals surface area contributed by atoms with Gasteiger partial charge in [-0.05, 0) is 64.3 Å². The highest BCUT2D eigenvalue weighted by atomic mass is 16.8. The van der Waals surface area contributed by atoms with Gasteiger partial charge in [0, 0.05) is 11.1 Å². The summed E-state index contributed by atoms with van der Waals surface area (Å²) in [6.07, 6.45) is 0.508. The van der Waals surface area contributed by atoms with E-state index in [0.717, 1.165) is 39.8 Å². The molecule has 0 saturated heterocycles. The van der Waals surface area contributed by atoms with E-state index in [2.05, 4.69) is 26.0 Å². The molecule has 0 saturated carbocycles. The highest BCUT2D eigenvalue weighted by Crippen LogP contribution is 2.33. The van der Waals surface area contributed by atoms with Crippen molar-refractivity contribution in [2.24, 2.45) is 0 Å². The average Bonchev–Trinajstić information content (AvgIpc) is 2.89. The van der Waals surface area contributed by atoms with Crippen molar-refractivity contribution in [2.75, 3.05) is 6.61 Å². The SMILES string of the molecule is CCCCOC(O)(O)C(C)Oc1ccccc1-c1nc(-c2ccc(C)cc2C)nc(-c2ccc(C)cc2C)n1. The molecule has 3 aromatic carbocycles. The normalized spacial score (nSPS) is 12.4. The molecule has 1 heterocycles. The van der Waals surface area contributed by atoms with E-state index in [1.807, 2.05) is 63.2 Å². The second-order valence-corrected chi connectivity index (χ2v) is 10.1. The van der Waals surface area contributed by atoms with Gasteiger partial charge in [0.1, 0.15) is 5.75 Å². The van der Waals surface area contributed by atoms with E-state index in [1.54, 1.807) is 13.0 Å². The molecule has 0 bridgehead atoms. The van der Waals surface area contributed by atoms with Crippen molar-refractivity contribution in [3.63, 3.8) is 0 Å². The highest BCUT2D eigenvalue weighted by molar-refractivity contribution is 5.72. The van der Waals surface area contributed by atoms with Crippen molar-refractivity contribution >= 4 is 0 Å². The lowest BCUT2D eigenvalue weighted by atomic mass is 10.0. The Morgan fingerprint density at radius 2 is 1.26 bits per heavy atom. The largest absolute Gasteiger partial charge is 0.481 e. The number of ether oxygens (including phenoxy) is 2. The number of rotatable bonds is 10. The number of hydrogen-bond donors (Lipinski definition) is 2. The Kier molecular flexibility index (Phi) is 8.75. The minimum Gasteiger partial charge on any atom is -0.481 e. The van der Waals surface area contributed by atoms with Gasteiger partial charge in [0.15, 0.2) is 23.6 Å². The van der Waals surface area contributed by atoms with E-state index in [0.29, 0.717) is 35.2 Å². The summed E-state index contributed by atoms with van der Waals surface area (Å²) < 4.78 is 11.3. The number of aromatic nitrogens is 3. The Hall–Kier alpha value is -3.65. The maximum atomic E-state index is 10.5. The van der Waals surface area contributed by atoms with Crippen LogP contribution in [0.2, 0.25) is 0 Å². The number of hydrogen-bond acceptors (Lipinski definition) is 7. The van der Waals surface area contributed by atoms with Crippen molar-refractivity contribution in [1.29, 1.82) is 0 Å².